The Kier molecular flexibility index (Phi) is 7.15. The Morgan fingerprint density at radius 3 is 2.66 bits per heavy atom. The Bertz CT molecular complexity index is 855. The van der Waals surface area contributed by atoms with Gasteiger partial charge in [-0.2, -0.15) is 0 Å². The van der Waals surface area contributed by atoms with Crippen molar-refractivity contribution in [3.8, 4) is 5.75 Å². The number of nitrogens with one attached hydrogen (secondary N) is 2. The smallest absolute Gasteiger partial charge is 0.279 e. The molecule has 0 radical (unpaired) electrons. The molecule has 1 heterocycles. The number of hydrogen-bond donors (Lipinski definition) is 2. The number of hydrogen-bond acceptors (Lipinski definition) is 5. The summed E-state index contributed by atoms with van der Waals surface area (Å²) in [7, 11) is 0. The van der Waals surface area contributed by atoms with Crippen LogP contribution in [-0.4, -0.2) is 49.1 Å². The van der Waals surface area contributed by atoms with Gasteiger partial charge in [0.15, 0.2) is 17.7 Å². The van der Waals surface area contributed by atoms with Crippen molar-refractivity contribution >= 4 is 11.8 Å². The lowest BCUT2D eigenvalue weighted by Crippen LogP contribution is -2.47. The molecule has 1 saturated heterocycles. The fourth-order valence-corrected chi connectivity index (χ4v) is 2.90. The van der Waals surface area contributed by atoms with Crippen molar-refractivity contribution < 1.29 is 23.5 Å². The molecule has 8 heteroatoms. The maximum Gasteiger partial charge on any atom is 0.279 e. The number of para-hydroxylation sites is 1. The summed E-state index contributed by atoms with van der Waals surface area (Å²) in [6.07, 6.45) is -0.986. The fourth-order valence-electron chi connectivity index (χ4n) is 2.90. The SMILES string of the molecule is CC(Oc1ccccc1F)C(=O)NNC(=O)c1cccc(CN2CCOCC2)c1. The maximum atomic E-state index is 13.6. The van der Waals surface area contributed by atoms with Gasteiger partial charge in [-0.05, 0) is 36.8 Å². The van der Waals surface area contributed by atoms with Gasteiger partial charge in [-0.15, -0.1) is 0 Å². The molecule has 0 spiro atoms. The largest absolute Gasteiger partial charge is 0.478 e. The second-order valence-corrected chi connectivity index (χ2v) is 6.72. The zero-order chi connectivity index (χ0) is 20.6. The van der Waals surface area contributed by atoms with Crippen LogP contribution >= 0.6 is 0 Å². The molecule has 2 aromatic rings. The van der Waals surface area contributed by atoms with Gasteiger partial charge in [0, 0.05) is 25.2 Å². The van der Waals surface area contributed by atoms with Crippen LogP contribution in [0.4, 0.5) is 4.39 Å². The van der Waals surface area contributed by atoms with E-state index in [2.05, 4.69) is 15.8 Å². The summed E-state index contributed by atoms with van der Waals surface area (Å²) in [5.41, 5.74) is 6.10. The molecule has 3 rings (SSSR count). The third-order valence-electron chi connectivity index (χ3n) is 4.51. The molecule has 0 aliphatic carbocycles. The first-order chi connectivity index (χ1) is 14.0. The first-order valence-electron chi connectivity index (χ1n) is 9.43. The molecule has 2 N–H and O–H groups in total. The minimum Gasteiger partial charge on any atom is -0.478 e. The highest BCUT2D eigenvalue weighted by atomic mass is 19.1. The van der Waals surface area contributed by atoms with Crippen molar-refractivity contribution in [3.63, 3.8) is 0 Å². The van der Waals surface area contributed by atoms with Crippen LogP contribution in [0.5, 0.6) is 5.75 Å². The summed E-state index contributed by atoms with van der Waals surface area (Å²) in [4.78, 5) is 26.8. The predicted octanol–water partition coefficient (Wildman–Crippen LogP) is 1.89. The average Bonchev–Trinajstić information content (AvgIpc) is 2.74. The average molecular weight is 401 g/mol. The summed E-state index contributed by atoms with van der Waals surface area (Å²) in [6.45, 7) is 5.32. The number of benzene rings is 2. The van der Waals surface area contributed by atoms with Crippen LogP contribution in [0, 0.1) is 5.82 Å². The number of nitrogens with zero attached hydrogens (tertiary/aromatic N) is 1. The minimum absolute atomic E-state index is 0.0303. The Morgan fingerprint density at radius 2 is 1.90 bits per heavy atom. The van der Waals surface area contributed by atoms with Gasteiger partial charge in [0.05, 0.1) is 13.2 Å². The quantitative estimate of drug-likeness (QED) is 0.723. The van der Waals surface area contributed by atoms with Gasteiger partial charge in [0.1, 0.15) is 0 Å². The van der Waals surface area contributed by atoms with E-state index in [1.165, 1.54) is 25.1 Å². The van der Waals surface area contributed by atoms with E-state index in [1.807, 2.05) is 6.07 Å². The molecule has 1 fully saturated rings. The van der Waals surface area contributed by atoms with E-state index in [0.717, 1.165) is 25.2 Å². The molecule has 2 amide bonds. The lowest BCUT2D eigenvalue weighted by Gasteiger charge is -2.26. The zero-order valence-corrected chi connectivity index (χ0v) is 16.2. The number of morpholine rings is 1. The Morgan fingerprint density at radius 1 is 1.14 bits per heavy atom. The van der Waals surface area contributed by atoms with Crippen LogP contribution in [0.3, 0.4) is 0 Å². The molecule has 1 aliphatic rings. The first kappa shape index (κ1) is 20.8. The molecule has 2 aromatic carbocycles. The zero-order valence-electron chi connectivity index (χ0n) is 16.2. The third-order valence-corrected chi connectivity index (χ3v) is 4.51. The molecular formula is C21H24FN3O4. The third kappa shape index (κ3) is 6.00. The normalized spacial score (nSPS) is 15.4. The van der Waals surface area contributed by atoms with Gasteiger partial charge in [-0.3, -0.25) is 25.3 Å². The van der Waals surface area contributed by atoms with Gasteiger partial charge < -0.3 is 9.47 Å². The van der Waals surface area contributed by atoms with Gasteiger partial charge in [0.25, 0.3) is 11.8 Å². The monoisotopic (exact) mass is 401 g/mol. The molecule has 0 aromatic heterocycles. The fraction of sp³-hybridized carbons (Fsp3) is 0.333. The van der Waals surface area contributed by atoms with E-state index in [-0.39, 0.29) is 5.75 Å². The van der Waals surface area contributed by atoms with E-state index in [0.29, 0.717) is 18.8 Å². The van der Waals surface area contributed by atoms with Crippen molar-refractivity contribution in [2.75, 3.05) is 26.3 Å². The van der Waals surface area contributed by atoms with E-state index < -0.39 is 23.7 Å². The van der Waals surface area contributed by atoms with Gasteiger partial charge in [-0.1, -0.05) is 24.3 Å². The molecule has 7 nitrogen and oxygen atoms in total. The van der Waals surface area contributed by atoms with Crippen LogP contribution in [0.25, 0.3) is 0 Å². The van der Waals surface area contributed by atoms with E-state index in [4.69, 9.17) is 9.47 Å². The van der Waals surface area contributed by atoms with Gasteiger partial charge in [0.2, 0.25) is 0 Å². The second kappa shape index (κ2) is 9.99. The molecular weight excluding hydrogens is 377 g/mol. The summed E-state index contributed by atoms with van der Waals surface area (Å²) >= 11 is 0. The second-order valence-electron chi connectivity index (χ2n) is 6.72. The van der Waals surface area contributed by atoms with E-state index in [9.17, 15) is 14.0 Å². The summed E-state index contributed by atoms with van der Waals surface area (Å²) < 4.78 is 24.3. The number of halogens is 1. The van der Waals surface area contributed by atoms with Crippen molar-refractivity contribution in [1.82, 2.24) is 15.8 Å². The summed E-state index contributed by atoms with van der Waals surface area (Å²) in [5, 5.41) is 0. The topological polar surface area (TPSA) is 79.9 Å². The van der Waals surface area contributed by atoms with E-state index >= 15 is 0 Å². The molecule has 0 saturated carbocycles. The molecule has 1 atom stereocenters. The van der Waals surface area contributed by atoms with E-state index in [1.54, 1.807) is 24.3 Å². The molecule has 1 unspecified atom stereocenters. The van der Waals surface area contributed by atoms with Crippen LogP contribution < -0.4 is 15.6 Å². The highest BCUT2D eigenvalue weighted by Crippen LogP contribution is 2.17. The van der Waals surface area contributed by atoms with Crippen LogP contribution in [0.15, 0.2) is 48.5 Å². The molecule has 1 aliphatic heterocycles. The lowest BCUT2D eigenvalue weighted by atomic mass is 10.1. The summed E-state index contributed by atoms with van der Waals surface area (Å²) in [5.74, 6) is -1.63. The van der Waals surface area contributed by atoms with Crippen molar-refractivity contribution in [2.24, 2.45) is 0 Å². The van der Waals surface area contributed by atoms with Crippen LogP contribution in [-0.2, 0) is 16.1 Å². The molecule has 29 heavy (non-hydrogen) atoms. The number of carbonyl (C=O) groups is 2. The predicted molar refractivity (Wildman–Crippen MR) is 105 cm³/mol. The van der Waals surface area contributed by atoms with Crippen LogP contribution in [0.2, 0.25) is 0 Å². The lowest BCUT2D eigenvalue weighted by molar-refractivity contribution is -0.128. The molecule has 154 valence electrons. The standard InChI is InChI=1S/C21H24FN3O4/c1-15(29-19-8-3-2-7-18(19)22)20(26)23-24-21(27)17-6-4-5-16(13-17)14-25-9-11-28-12-10-25/h2-8,13,15H,9-12,14H2,1H3,(H,23,26)(H,24,27). The van der Waals surface area contributed by atoms with Crippen molar-refractivity contribution in [3.05, 3.63) is 65.5 Å². The Balaban J connectivity index is 1.51. The molecule has 0 bridgehead atoms. The number of hydrazine groups is 1. The van der Waals surface area contributed by atoms with Crippen molar-refractivity contribution in [1.29, 1.82) is 0 Å². The highest BCUT2D eigenvalue weighted by molar-refractivity contribution is 5.95. The first-order valence-corrected chi connectivity index (χ1v) is 9.43. The number of amides is 2. The number of rotatable bonds is 6. The number of carbonyl (C=O) groups excluding carboxylic acids is 2. The van der Waals surface area contributed by atoms with Gasteiger partial charge >= 0.3 is 0 Å². The van der Waals surface area contributed by atoms with Crippen LogP contribution in [0.1, 0.15) is 22.8 Å². The van der Waals surface area contributed by atoms with Crippen molar-refractivity contribution in [2.45, 2.75) is 19.6 Å². The summed E-state index contributed by atoms with van der Waals surface area (Å²) in [6, 6.07) is 13.0. The number of ether oxygens (including phenoxy) is 2. The minimum atomic E-state index is -0.986. The maximum absolute atomic E-state index is 13.6. The Labute approximate surface area is 168 Å². The van der Waals surface area contributed by atoms with Gasteiger partial charge in [-0.25, -0.2) is 4.39 Å². The Hall–Kier alpha value is -2.97. The highest BCUT2D eigenvalue weighted by Gasteiger charge is 2.18.